The second kappa shape index (κ2) is 26.2. The van der Waals surface area contributed by atoms with Crippen molar-refractivity contribution in [2.75, 3.05) is 45.3 Å². The molecule has 3 aromatic heterocycles. The standard InChI is InChI=1S/C52H61ClF4N8O9/c1-65-46(68)29-40(47(65)33-5-2-18-58-30-33)50(70)61-21-24-73-38-15-13-37(14-16-38)72-22-3-6-44(66)62-35-11-8-31(9-12-35)49(69)60-19-4-23-74-43-26-34(54)10-7-32(43)25-42-39(28-41(53)48(64-42)52(55,56)57)51(71)63-36-17-20-59-45(67)27-36/h2,5,7,10,17-18,20,26-28,30-31,35,37-38,40,47H,3-4,6,8-9,11-16,19,21-25,29H2,1H3,(H,60,69)(H,61,70)(H,62,66)(H2,59,63,67,71)/t31?,35?,37?,38?,40-,47+/m0/s1. The molecule has 0 unspecified atom stereocenters. The Bertz CT molecular complexity index is 2650. The molecule has 1 aliphatic heterocycles. The molecule has 22 heteroatoms. The molecule has 0 bridgehead atoms. The highest BCUT2D eigenvalue weighted by molar-refractivity contribution is 6.31. The SMILES string of the molecule is CN1C(=O)C[C@H](C(=O)NCCOC2CCC(OCCCC(=O)NC3CCC(C(=O)NCCCOc4cc(F)ccc4Cc4nc(C(F)(F)F)c(Cl)cc4C(=O)Nc4cc[nH]c(=O)c4)CC3)CC2)[C@H]1c1cccnc1. The van der Waals surface area contributed by atoms with Gasteiger partial charge >= 0.3 is 6.18 Å². The van der Waals surface area contributed by atoms with Gasteiger partial charge in [0.1, 0.15) is 11.6 Å². The van der Waals surface area contributed by atoms with Gasteiger partial charge in [-0.05, 0) is 94.0 Å². The molecule has 4 aromatic rings. The lowest BCUT2D eigenvalue weighted by Gasteiger charge is -2.29. The molecule has 2 aliphatic carbocycles. The van der Waals surface area contributed by atoms with Gasteiger partial charge in [0.25, 0.3) is 5.91 Å². The van der Waals surface area contributed by atoms with Gasteiger partial charge in [0.2, 0.25) is 29.2 Å². The van der Waals surface area contributed by atoms with E-state index in [9.17, 15) is 46.3 Å². The molecule has 0 spiro atoms. The Kier molecular flexibility index (Phi) is 19.6. The third-order valence-electron chi connectivity index (χ3n) is 13.6. The number of carbonyl (C=O) groups excluding carboxylic acids is 5. The fraction of sp³-hybridized carbons (Fsp3) is 0.500. The van der Waals surface area contributed by atoms with E-state index in [2.05, 4.69) is 36.2 Å². The number of aromatic nitrogens is 3. The second-order valence-corrected chi connectivity index (χ2v) is 19.2. The predicted molar refractivity (Wildman–Crippen MR) is 264 cm³/mol. The van der Waals surface area contributed by atoms with Crippen LogP contribution in [-0.4, -0.2) is 108 Å². The quantitative estimate of drug-likeness (QED) is 0.0405. The van der Waals surface area contributed by atoms with Crippen molar-refractivity contribution in [3.63, 3.8) is 0 Å². The number of nitrogens with zero attached hydrogens (tertiary/aromatic N) is 3. The first-order chi connectivity index (χ1) is 35.5. The number of benzene rings is 1. The largest absolute Gasteiger partial charge is 0.493 e. The number of likely N-dealkylation sites (tertiary alicyclic amines) is 1. The van der Waals surface area contributed by atoms with E-state index in [1.165, 1.54) is 18.3 Å². The minimum atomic E-state index is -4.95. The van der Waals surface area contributed by atoms with Gasteiger partial charge in [-0.1, -0.05) is 23.7 Å². The Morgan fingerprint density at radius 3 is 2.30 bits per heavy atom. The van der Waals surface area contributed by atoms with Crippen LogP contribution in [0.25, 0.3) is 0 Å². The van der Waals surface area contributed by atoms with Gasteiger partial charge in [-0.3, -0.25) is 33.8 Å². The van der Waals surface area contributed by atoms with Crippen LogP contribution in [0.1, 0.15) is 116 Å². The van der Waals surface area contributed by atoms with Crippen LogP contribution in [0.3, 0.4) is 0 Å². The molecule has 0 radical (unpaired) electrons. The van der Waals surface area contributed by atoms with E-state index in [0.29, 0.717) is 64.7 Å². The van der Waals surface area contributed by atoms with Crippen molar-refractivity contribution in [3.05, 3.63) is 116 Å². The molecule has 2 atom stereocenters. The number of carbonyl (C=O) groups is 5. The minimum absolute atomic E-state index is 0.00302. The number of nitrogens with one attached hydrogen (secondary N) is 5. The Morgan fingerprint density at radius 1 is 0.865 bits per heavy atom. The minimum Gasteiger partial charge on any atom is -0.493 e. The number of rotatable bonds is 22. The van der Waals surface area contributed by atoms with Crippen LogP contribution in [0.4, 0.5) is 23.2 Å². The number of pyridine rings is 3. The number of H-pyrrole nitrogens is 1. The lowest BCUT2D eigenvalue weighted by molar-refractivity contribution is -0.141. The van der Waals surface area contributed by atoms with Crippen molar-refractivity contribution in [2.45, 2.75) is 114 Å². The molecule has 2 saturated carbocycles. The highest BCUT2D eigenvalue weighted by Gasteiger charge is 2.43. The average molecular weight is 1050 g/mol. The van der Waals surface area contributed by atoms with Gasteiger partial charge in [0.15, 0.2) is 5.69 Å². The van der Waals surface area contributed by atoms with Gasteiger partial charge in [0.05, 0.1) is 53.7 Å². The van der Waals surface area contributed by atoms with Crippen LogP contribution < -0.4 is 31.6 Å². The van der Waals surface area contributed by atoms with Gasteiger partial charge in [-0.15, -0.1) is 0 Å². The van der Waals surface area contributed by atoms with Gasteiger partial charge in [-0.2, -0.15) is 13.2 Å². The topological polar surface area (TPSA) is 223 Å². The van der Waals surface area contributed by atoms with E-state index >= 15 is 0 Å². The fourth-order valence-corrected chi connectivity index (χ4v) is 9.93. The summed E-state index contributed by atoms with van der Waals surface area (Å²) in [5, 5.41) is 10.6. The number of hydrogen-bond donors (Lipinski definition) is 5. The Balaban J connectivity index is 0.746. The van der Waals surface area contributed by atoms with Gasteiger partial charge in [-0.25, -0.2) is 9.37 Å². The lowest BCUT2D eigenvalue weighted by atomic mass is 9.85. The summed E-state index contributed by atoms with van der Waals surface area (Å²) in [5.74, 6) is -2.73. The number of anilines is 1. The third kappa shape index (κ3) is 15.5. The van der Waals surface area contributed by atoms with Crippen molar-refractivity contribution in [3.8, 4) is 5.75 Å². The van der Waals surface area contributed by atoms with Gasteiger partial charge < -0.3 is 45.4 Å². The maximum Gasteiger partial charge on any atom is 0.434 e. The number of hydrogen-bond acceptors (Lipinski definition) is 11. The third-order valence-corrected chi connectivity index (χ3v) is 13.8. The summed E-state index contributed by atoms with van der Waals surface area (Å²) in [6.45, 7) is 1.43. The smallest absolute Gasteiger partial charge is 0.434 e. The van der Waals surface area contributed by atoms with Crippen molar-refractivity contribution in [1.29, 1.82) is 0 Å². The summed E-state index contributed by atoms with van der Waals surface area (Å²) in [6.07, 6.45) is 6.65. The number of ether oxygens (including phenoxy) is 3. The normalized spacial score (nSPS) is 20.9. The van der Waals surface area contributed by atoms with Crippen molar-refractivity contribution in [2.24, 2.45) is 11.8 Å². The maximum atomic E-state index is 14.4. The molecule has 3 aliphatic rings. The summed E-state index contributed by atoms with van der Waals surface area (Å²) in [7, 11) is 1.71. The monoisotopic (exact) mass is 1050 g/mol. The summed E-state index contributed by atoms with van der Waals surface area (Å²) >= 11 is 5.93. The van der Waals surface area contributed by atoms with Crippen LogP contribution in [-0.2, 0) is 41.2 Å². The fourth-order valence-electron chi connectivity index (χ4n) is 9.67. The molecular formula is C52H61ClF4N8O9. The van der Waals surface area contributed by atoms with Crippen LogP contribution in [0.5, 0.6) is 5.75 Å². The second-order valence-electron chi connectivity index (χ2n) is 18.8. The Hall–Kier alpha value is -6.45. The lowest BCUT2D eigenvalue weighted by Crippen LogP contribution is -2.41. The zero-order valence-electron chi connectivity index (χ0n) is 40.9. The maximum absolute atomic E-state index is 14.4. The number of alkyl halides is 3. The molecule has 5 N–H and O–H groups in total. The summed E-state index contributed by atoms with van der Waals surface area (Å²) in [6, 6.07) is 10.0. The molecule has 4 heterocycles. The molecule has 17 nitrogen and oxygen atoms in total. The molecule has 1 aromatic carbocycles. The zero-order valence-corrected chi connectivity index (χ0v) is 41.7. The van der Waals surface area contributed by atoms with Crippen LogP contribution in [0.15, 0.2) is 71.9 Å². The van der Waals surface area contributed by atoms with Crippen LogP contribution in [0.2, 0.25) is 5.02 Å². The van der Waals surface area contributed by atoms with Crippen molar-refractivity contribution >= 4 is 46.8 Å². The van der Waals surface area contributed by atoms with E-state index < -0.39 is 40.1 Å². The first kappa shape index (κ1) is 55.3. The highest BCUT2D eigenvalue weighted by Crippen LogP contribution is 2.38. The van der Waals surface area contributed by atoms with Crippen LogP contribution >= 0.6 is 11.6 Å². The first-order valence-corrected chi connectivity index (χ1v) is 25.3. The van der Waals surface area contributed by atoms with Crippen molar-refractivity contribution < 1.29 is 55.7 Å². The molecule has 74 heavy (non-hydrogen) atoms. The molecule has 398 valence electrons. The summed E-state index contributed by atoms with van der Waals surface area (Å²) < 4.78 is 74.0. The van der Waals surface area contributed by atoms with Crippen molar-refractivity contribution in [1.82, 2.24) is 35.8 Å². The first-order valence-electron chi connectivity index (χ1n) is 24.9. The highest BCUT2D eigenvalue weighted by atomic mass is 35.5. The van der Waals surface area contributed by atoms with E-state index in [-0.39, 0.29) is 108 Å². The number of amides is 5. The number of halogens is 5. The Morgan fingerprint density at radius 2 is 1.59 bits per heavy atom. The van der Waals surface area contributed by atoms with Gasteiger partial charge in [0, 0.05) is 99.9 Å². The van der Waals surface area contributed by atoms with Crippen LogP contribution in [0, 0.1) is 17.7 Å². The van der Waals surface area contributed by atoms with E-state index in [4.69, 9.17) is 25.8 Å². The summed E-state index contributed by atoms with van der Waals surface area (Å²) in [4.78, 5) is 88.1. The molecule has 7 rings (SSSR count). The molecular weight excluding hydrogens is 992 g/mol. The average Bonchev–Trinajstić information content (AvgIpc) is 3.68. The van der Waals surface area contributed by atoms with E-state index in [1.807, 2.05) is 6.07 Å². The van der Waals surface area contributed by atoms with E-state index in [1.54, 1.807) is 30.4 Å². The molecule has 5 amide bonds. The summed E-state index contributed by atoms with van der Waals surface area (Å²) in [5.41, 5.74) is -1.44. The number of aromatic amines is 1. The zero-order chi connectivity index (χ0) is 52.8. The molecule has 1 saturated heterocycles. The Labute approximate surface area is 430 Å². The molecule has 3 fully saturated rings. The van der Waals surface area contributed by atoms with E-state index in [0.717, 1.165) is 55.5 Å². The predicted octanol–water partition coefficient (Wildman–Crippen LogP) is 6.84.